The summed E-state index contributed by atoms with van der Waals surface area (Å²) in [5.74, 6) is -0.704. The van der Waals surface area contributed by atoms with Gasteiger partial charge in [0.25, 0.3) is 5.60 Å². The van der Waals surface area contributed by atoms with Crippen molar-refractivity contribution in [2.75, 3.05) is 19.8 Å². The number of carbonyl (C=O) groups excluding carboxylic acids is 2. The van der Waals surface area contributed by atoms with Gasteiger partial charge in [0.05, 0.1) is 19.3 Å². The van der Waals surface area contributed by atoms with Gasteiger partial charge in [0, 0.05) is 6.42 Å². The third-order valence-corrected chi connectivity index (χ3v) is 3.27. The fourth-order valence-electron chi connectivity index (χ4n) is 2.24. The van der Waals surface area contributed by atoms with Crippen molar-refractivity contribution in [3.05, 3.63) is 30.3 Å². The number of benzene rings is 1. The molecule has 0 aliphatic carbocycles. The van der Waals surface area contributed by atoms with Crippen LogP contribution < -0.4 is 4.74 Å². The van der Waals surface area contributed by atoms with Crippen LogP contribution in [-0.2, 0) is 23.8 Å². The van der Waals surface area contributed by atoms with Gasteiger partial charge in [-0.15, -0.1) is 0 Å². The van der Waals surface area contributed by atoms with Gasteiger partial charge in [-0.05, 0) is 26.0 Å². The van der Waals surface area contributed by atoms with Gasteiger partial charge in [-0.1, -0.05) is 18.2 Å². The topological polar surface area (TPSA) is 71.1 Å². The van der Waals surface area contributed by atoms with Gasteiger partial charge in [-0.25, -0.2) is 9.59 Å². The molecule has 2 rings (SSSR count). The average Bonchev–Trinajstić information content (AvgIpc) is 2.47. The smallest absolute Gasteiger partial charge is 0.350 e. The van der Waals surface area contributed by atoms with E-state index in [4.69, 9.17) is 18.9 Å². The van der Waals surface area contributed by atoms with Gasteiger partial charge in [0.15, 0.2) is 0 Å². The second-order valence-corrected chi connectivity index (χ2v) is 4.84. The molecule has 1 heterocycles. The Labute approximate surface area is 129 Å². The first-order valence-electron chi connectivity index (χ1n) is 7.32. The molecular weight excluding hydrogens is 288 g/mol. The van der Waals surface area contributed by atoms with Gasteiger partial charge in [-0.3, -0.25) is 0 Å². The number of hydrogen-bond acceptors (Lipinski definition) is 6. The van der Waals surface area contributed by atoms with Crippen molar-refractivity contribution < 1.29 is 28.5 Å². The van der Waals surface area contributed by atoms with Crippen LogP contribution >= 0.6 is 0 Å². The SMILES string of the molecule is CCOC(=O)C1(C(=O)OCC)CC(COc2ccccc2)O1. The summed E-state index contributed by atoms with van der Waals surface area (Å²) >= 11 is 0. The number of carbonyl (C=O) groups is 2. The first kappa shape index (κ1) is 16.3. The molecule has 0 amide bonds. The summed E-state index contributed by atoms with van der Waals surface area (Å²) in [6.07, 6.45) is -0.161. The highest BCUT2D eigenvalue weighted by molar-refractivity contribution is 6.04. The maximum atomic E-state index is 12.0. The lowest BCUT2D eigenvalue weighted by Gasteiger charge is -2.42. The van der Waals surface area contributed by atoms with Crippen LogP contribution in [0.5, 0.6) is 5.75 Å². The van der Waals surface area contributed by atoms with E-state index in [1.165, 1.54) is 0 Å². The van der Waals surface area contributed by atoms with E-state index in [0.717, 1.165) is 0 Å². The van der Waals surface area contributed by atoms with Crippen LogP contribution in [0.2, 0.25) is 0 Å². The molecule has 0 radical (unpaired) electrons. The summed E-state index contributed by atoms with van der Waals surface area (Å²) in [7, 11) is 0. The Morgan fingerprint density at radius 2 is 1.68 bits per heavy atom. The highest BCUT2D eigenvalue weighted by Gasteiger charge is 2.60. The van der Waals surface area contributed by atoms with Crippen molar-refractivity contribution in [1.82, 2.24) is 0 Å². The van der Waals surface area contributed by atoms with E-state index < -0.39 is 17.5 Å². The average molecular weight is 308 g/mol. The van der Waals surface area contributed by atoms with Crippen LogP contribution in [0.1, 0.15) is 20.3 Å². The van der Waals surface area contributed by atoms with Gasteiger partial charge >= 0.3 is 11.9 Å². The first-order chi connectivity index (χ1) is 10.6. The van der Waals surface area contributed by atoms with Crippen LogP contribution in [0.25, 0.3) is 0 Å². The summed E-state index contributed by atoms with van der Waals surface area (Å²) in [5, 5.41) is 0. The van der Waals surface area contributed by atoms with Crippen molar-refractivity contribution in [1.29, 1.82) is 0 Å². The van der Waals surface area contributed by atoms with E-state index >= 15 is 0 Å². The molecule has 1 aromatic rings. The van der Waals surface area contributed by atoms with Crippen LogP contribution in [-0.4, -0.2) is 43.5 Å². The lowest BCUT2D eigenvalue weighted by atomic mass is 9.89. The maximum Gasteiger partial charge on any atom is 0.350 e. The molecule has 0 N–H and O–H groups in total. The molecule has 1 atom stereocenters. The van der Waals surface area contributed by atoms with E-state index in [2.05, 4.69) is 0 Å². The summed E-state index contributed by atoms with van der Waals surface area (Å²) in [4.78, 5) is 24.0. The van der Waals surface area contributed by atoms with E-state index in [9.17, 15) is 9.59 Å². The van der Waals surface area contributed by atoms with Crippen LogP contribution in [0.3, 0.4) is 0 Å². The summed E-state index contributed by atoms with van der Waals surface area (Å²) in [6.45, 7) is 3.95. The quantitative estimate of drug-likeness (QED) is 0.564. The summed E-state index contributed by atoms with van der Waals surface area (Å²) in [6, 6.07) is 9.25. The zero-order valence-corrected chi connectivity index (χ0v) is 12.7. The standard InChI is InChI=1S/C16H20O6/c1-3-19-14(17)16(15(18)20-4-2)10-13(22-16)11-21-12-8-6-5-7-9-12/h5-9,13H,3-4,10-11H2,1-2H3. The van der Waals surface area contributed by atoms with Crippen LogP contribution in [0, 0.1) is 0 Å². The second kappa shape index (κ2) is 7.26. The van der Waals surface area contributed by atoms with Crippen LogP contribution in [0.15, 0.2) is 30.3 Å². The summed E-state index contributed by atoms with van der Waals surface area (Å²) in [5.41, 5.74) is -1.64. The minimum atomic E-state index is -1.64. The first-order valence-corrected chi connectivity index (χ1v) is 7.32. The maximum absolute atomic E-state index is 12.0. The number of para-hydroxylation sites is 1. The molecule has 6 nitrogen and oxygen atoms in total. The largest absolute Gasteiger partial charge is 0.491 e. The molecule has 1 unspecified atom stereocenters. The molecule has 0 saturated carbocycles. The zero-order chi connectivity index (χ0) is 16.0. The Kier molecular flexibility index (Phi) is 5.38. The molecule has 1 saturated heterocycles. The van der Waals surface area contributed by atoms with Crippen LogP contribution in [0.4, 0.5) is 0 Å². The minimum Gasteiger partial charge on any atom is -0.491 e. The number of esters is 2. The Hall–Kier alpha value is -2.08. The summed E-state index contributed by atoms with van der Waals surface area (Å²) < 4.78 is 20.9. The lowest BCUT2D eigenvalue weighted by molar-refractivity contribution is -0.239. The Bertz CT molecular complexity index is 487. The molecule has 1 fully saturated rings. The van der Waals surface area contributed by atoms with E-state index in [1.807, 2.05) is 30.3 Å². The van der Waals surface area contributed by atoms with E-state index in [1.54, 1.807) is 13.8 Å². The third-order valence-electron chi connectivity index (χ3n) is 3.27. The van der Waals surface area contributed by atoms with Crippen molar-refractivity contribution in [3.63, 3.8) is 0 Å². The second-order valence-electron chi connectivity index (χ2n) is 4.84. The monoisotopic (exact) mass is 308 g/mol. The molecule has 1 aliphatic heterocycles. The van der Waals surface area contributed by atoms with Crippen molar-refractivity contribution in [2.45, 2.75) is 32.0 Å². The third kappa shape index (κ3) is 3.39. The number of ether oxygens (including phenoxy) is 4. The Morgan fingerprint density at radius 3 is 2.18 bits per heavy atom. The highest BCUT2D eigenvalue weighted by atomic mass is 16.6. The Balaban J connectivity index is 1.92. The molecule has 1 aromatic carbocycles. The molecule has 0 aromatic heterocycles. The fourth-order valence-corrected chi connectivity index (χ4v) is 2.24. The van der Waals surface area contributed by atoms with Gasteiger partial charge < -0.3 is 18.9 Å². The van der Waals surface area contributed by atoms with E-state index in [0.29, 0.717) is 5.75 Å². The normalized spacial score (nSPS) is 18.9. The molecule has 1 aliphatic rings. The number of rotatable bonds is 7. The predicted molar refractivity (Wildman–Crippen MR) is 77.4 cm³/mol. The highest BCUT2D eigenvalue weighted by Crippen LogP contribution is 2.36. The molecule has 0 spiro atoms. The molecule has 6 heteroatoms. The van der Waals surface area contributed by atoms with E-state index in [-0.39, 0.29) is 32.3 Å². The predicted octanol–water partition coefficient (Wildman–Crippen LogP) is 1.72. The van der Waals surface area contributed by atoms with Gasteiger partial charge in [-0.2, -0.15) is 0 Å². The van der Waals surface area contributed by atoms with Gasteiger partial charge in [0.2, 0.25) is 0 Å². The van der Waals surface area contributed by atoms with Gasteiger partial charge in [0.1, 0.15) is 12.4 Å². The molecule has 0 bridgehead atoms. The molecular formula is C16H20O6. The molecule has 120 valence electrons. The number of hydrogen-bond donors (Lipinski definition) is 0. The zero-order valence-electron chi connectivity index (χ0n) is 12.7. The van der Waals surface area contributed by atoms with Crippen molar-refractivity contribution in [2.24, 2.45) is 0 Å². The minimum absolute atomic E-state index is 0.175. The lowest BCUT2D eigenvalue weighted by Crippen LogP contribution is -2.63. The Morgan fingerprint density at radius 1 is 1.14 bits per heavy atom. The molecule has 22 heavy (non-hydrogen) atoms. The fraction of sp³-hybridized carbons (Fsp3) is 0.500. The van der Waals surface area contributed by atoms with Crippen molar-refractivity contribution in [3.8, 4) is 5.75 Å². The van der Waals surface area contributed by atoms with Crippen molar-refractivity contribution >= 4 is 11.9 Å².